The summed E-state index contributed by atoms with van der Waals surface area (Å²) in [6.07, 6.45) is 7.96. The number of hydrogen-bond acceptors (Lipinski definition) is 1. The number of ether oxygens (including phenoxy) is 1. The summed E-state index contributed by atoms with van der Waals surface area (Å²) in [6, 6.07) is 0. The average Bonchev–Trinajstić information content (AvgIpc) is 2.26. The zero-order valence-corrected chi connectivity index (χ0v) is 10.6. The molecule has 0 saturated heterocycles. The average molecular weight is 231 g/mol. The molecule has 0 aromatic heterocycles. The highest BCUT2D eigenvalue weighted by molar-refractivity contribution is 6.17. The van der Waals surface area contributed by atoms with E-state index in [1.165, 1.54) is 25.7 Å². The van der Waals surface area contributed by atoms with Gasteiger partial charge in [-0.15, -0.1) is 23.4 Å². The van der Waals surface area contributed by atoms with E-state index in [1.807, 2.05) is 6.92 Å². The Morgan fingerprint density at radius 1 is 0.933 bits per heavy atom. The number of rotatable bonds is 9. The molecule has 0 bridgehead atoms. The van der Waals surface area contributed by atoms with Crippen molar-refractivity contribution in [3.8, 4) is 11.8 Å². The van der Waals surface area contributed by atoms with E-state index in [9.17, 15) is 0 Å². The van der Waals surface area contributed by atoms with E-state index in [4.69, 9.17) is 16.3 Å². The van der Waals surface area contributed by atoms with Gasteiger partial charge < -0.3 is 4.74 Å². The summed E-state index contributed by atoms with van der Waals surface area (Å²) >= 11 is 5.54. The molecule has 0 amide bonds. The van der Waals surface area contributed by atoms with Crippen molar-refractivity contribution >= 4 is 11.6 Å². The van der Waals surface area contributed by atoms with Gasteiger partial charge in [-0.3, -0.25) is 0 Å². The third-order valence-electron chi connectivity index (χ3n) is 2.10. The number of unbranched alkanes of at least 4 members (excludes halogenated alkanes) is 5. The van der Waals surface area contributed by atoms with E-state index < -0.39 is 0 Å². The van der Waals surface area contributed by atoms with Gasteiger partial charge >= 0.3 is 0 Å². The minimum atomic E-state index is 0.728. The number of hydrogen-bond donors (Lipinski definition) is 0. The molecule has 88 valence electrons. The molecular formula is C13H23ClO. The van der Waals surface area contributed by atoms with Gasteiger partial charge in [-0.1, -0.05) is 12.8 Å². The van der Waals surface area contributed by atoms with Crippen molar-refractivity contribution in [1.29, 1.82) is 0 Å². The van der Waals surface area contributed by atoms with Crippen LogP contribution in [0.25, 0.3) is 0 Å². The third kappa shape index (κ3) is 13.8. The van der Waals surface area contributed by atoms with Crippen LogP contribution < -0.4 is 0 Å². The smallest absolute Gasteiger partial charge is 0.0465 e. The second-order valence-corrected chi connectivity index (χ2v) is 3.89. The zero-order chi connectivity index (χ0) is 11.2. The fraction of sp³-hybridized carbons (Fsp3) is 0.846. The molecule has 0 aromatic carbocycles. The van der Waals surface area contributed by atoms with Gasteiger partial charge in [-0.25, -0.2) is 0 Å². The Kier molecular flexibility index (Phi) is 13.6. The van der Waals surface area contributed by atoms with Crippen LogP contribution in [0.2, 0.25) is 0 Å². The fourth-order valence-corrected chi connectivity index (χ4v) is 1.38. The van der Waals surface area contributed by atoms with Crippen molar-refractivity contribution in [3.63, 3.8) is 0 Å². The van der Waals surface area contributed by atoms with Gasteiger partial charge in [-0.05, 0) is 26.2 Å². The molecule has 0 N–H and O–H groups in total. The van der Waals surface area contributed by atoms with Gasteiger partial charge in [0, 0.05) is 31.9 Å². The van der Waals surface area contributed by atoms with Crippen molar-refractivity contribution in [1.82, 2.24) is 0 Å². The van der Waals surface area contributed by atoms with Crippen molar-refractivity contribution in [3.05, 3.63) is 0 Å². The van der Waals surface area contributed by atoms with Crippen LogP contribution in [0, 0.1) is 11.8 Å². The van der Waals surface area contributed by atoms with Crippen molar-refractivity contribution in [2.75, 3.05) is 19.1 Å². The third-order valence-corrected chi connectivity index (χ3v) is 2.37. The van der Waals surface area contributed by atoms with Gasteiger partial charge in [0.1, 0.15) is 0 Å². The lowest BCUT2D eigenvalue weighted by Crippen LogP contribution is -1.92. The highest BCUT2D eigenvalue weighted by Gasteiger charge is 1.88. The molecule has 0 heterocycles. The lowest BCUT2D eigenvalue weighted by atomic mass is 10.1. The lowest BCUT2D eigenvalue weighted by Gasteiger charge is -1.99. The quantitative estimate of drug-likeness (QED) is 0.331. The molecule has 1 nitrogen and oxygen atoms in total. The summed E-state index contributed by atoms with van der Waals surface area (Å²) < 4.78 is 5.27. The van der Waals surface area contributed by atoms with Crippen LogP contribution in [0.15, 0.2) is 0 Å². The first kappa shape index (κ1) is 14.8. The first-order valence-electron chi connectivity index (χ1n) is 6.01. The highest BCUT2D eigenvalue weighted by Crippen LogP contribution is 2.02. The van der Waals surface area contributed by atoms with E-state index >= 15 is 0 Å². The van der Waals surface area contributed by atoms with E-state index in [2.05, 4.69) is 11.8 Å². The Bertz CT molecular complexity index is 169. The standard InChI is InChI=1S/C13H23ClO/c1-2-15-13-11-9-7-5-3-4-6-8-10-12-14/h2-3,5,7-13H2,1H3. The molecule has 0 radical (unpaired) electrons. The Morgan fingerprint density at radius 2 is 1.60 bits per heavy atom. The largest absolute Gasteiger partial charge is 0.382 e. The summed E-state index contributed by atoms with van der Waals surface area (Å²) in [5.41, 5.74) is 0. The summed E-state index contributed by atoms with van der Waals surface area (Å²) in [6.45, 7) is 3.79. The van der Waals surface area contributed by atoms with Gasteiger partial charge in [0.2, 0.25) is 0 Å². The maximum Gasteiger partial charge on any atom is 0.0465 e. The summed E-state index contributed by atoms with van der Waals surface area (Å²) in [7, 11) is 0. The molecule has 0 fully saturated rings. The maximum absolute atomic E-state index is 5.54. The van der Waals surface area contributed by atoms with E-state index in [0.717, 1.165) is 38.4 Å². The predicted molar refractivity (Wildman–Crippen MR) is 67.3 cm³/mol. The van der Waals surface area contributed by atoms with E-state index in [-0.39, 0.29) is 0 Å². The van der Waals surface area contributed by atoms with Crippen LogP contribution in [0.1, 0.15) is 51.9 Å². The minimum absolute atomic E-state index is 0.728. The van der Waals surface area contributed by atoms with Crippen LogP contribution in [0.3, 0.4) is 0 Å². The summed E-state index contributed by atoms with van der Waals surface area (Å²) in [4.78, 5) is 0. The van der Waals surface area contributed by atoms with Crippen molar-refractivity contribution < 1.29 is 4.74 Å². The van der Waals surface area contributed by atoms with Crippen molar-refractivity contribution in [2.45, 2.75) is 51.9 Å². The summed E-state index contributed by atoms with van der Waals surface area (Å²) in [5, 5.41) is 0. The van der Waals surface area contributed by atoms with Crippen LogP contribution in [0.4, 0.5) is 0 Å². The van der Waals surface area contributed by atoms with Crippen LogP contribution in [-0.4, -0.2) is 19.1 Å². The Morgan fingerprint density at radius 3 is 2.27 bits per heavy atom. The minimum Gasteiger partial charge on any atom is -0.382 e. The highest BCUT2D eigenvalue weighted by atomic mass is 35.5. The molecular weight excluding hydrogens is 208 g/mol. The Balaban J connectivity index is 2.99. The fourth-order valence-electron chi connectivity index (χ4n) is 1.25. The monoisotopic (exact) mass is 230 g/mol. The van der Waals surface area contributed by atoms with Gasteiger partial charge in [0.15, 0.2) is 0 Å². The molecule has 0 aromatic rings. The first-order chi connectivity index (χ1) is 7.41. The summed E-state index contributed by atoms with van der Waals surface area (Å²) in [5.74, 6) is 7.05. The molecule has 0 spiro atoms. The van der Waals surface area contributed by atoms with Gasteiger partial charge in [0.05, 0.1) is 0 Å². The number of alkyl halides is 1. The molecule has 0 aliphatic rings. The lowest BCUT2D eigenvalue weighted by molar-refractivity contribution is 0.143. The predicted octanol–water partition coefficient (Wildman–Crippen LogP) is 4.00. The maximum atomic E-state index is 5.54. The van der Waals surface area contributed by atoms with Gasteiger partial charge in [0.25, 0.3) is 0 Å². The molecule has 0 atom stereocenters. The molecule has 0 aliphatic heterocycles. The van der Waals surface area contributed by atoms with Crippen LogP contribution >= 0.6 is 11.6 Å². The Labute approximate surface area is 99.5 Å². The normalized spacial score (nSPS) is 9.73. The van der Waals surface area contributed by atoms with Crippen molar-refractivity contribution in [2.24, 2.45) is 0 Å². The Hall–Kier alpha value is -0.190. The topological polar surface area (TPSA) is 9.23 Å². The molecule has 15 heavy (non-hydrogen) atoms. The number of halogens is 1. The second kappa shape index (κ2) is 13.8. The molecule has 2 heteroatoms. The van der Waals surface area contributed by atoms with Crippen LogP contribution in [0.5, 0.6) is 0 Å². The van der Waals surface area contributed by atoms with Crippen LogP contribution in [-0.2, 0) is 4.74 Å². The molecule has 0 saturated carbocycles. The van der Waals surface area contributed by atoms with E-state index in [1.54, 1.807) is 0 Å². The SMILES string of the molecule is CCOCCCCCCC#CCCCCl. The van der Waals surface area contributed by atoms with E-state index in [0.29, 0.717) is 0 Å². The molecule has 0 aliphatic carbocycles. The second-order valence-electron chi connectivity index (χ2n) is 3.51. The first-order valence-corrected chi connectivity index (χ1v) is 6.54. The zero-order valence-electron chi connectivity index (χ0n) is 9.86. The van der Waals surface area contributed by atoms with Gasteiger partial charge in [-0.2, -0.15) is 0 Å². The molecule has 0 unspecified atom stereocenters. The molecule has 0 rings (SSSR count).